The molecule has 438 valence electrons. The van der Waals surface area contributed by atoms with Crippen LogP contribution in [0, 0.1) is 0 Å². The van der Waals surface area contributed by atoms with Crippen molar-refractivity contribution in [3.63, 3.8) is 0 Å². The first kappa shape index (κ1) is 72.9. The number of phosphoric acid groups is 1. The average Bonchev–Trinajstić information content (AvgIpc) is 3.37. The Labute approximate surface area is 465 Å². The predicted molar refractivity (Wildman–Crippen MR) is 327 cm³/mol. The molecule has 0 saturated carbocycles. The van der Waals surface area contributed by atoms with E-state index >= 15 is 0 Å². The zero-order valence-electron chi connectivity index (χ0n) is 50.0. The minimum absolute atomic E-state index is 0.0577. The lowest BCUT2D eigenvalue weighted by Crippen LogP contribution is -2.45. The highest BCUT2D eigenvalue weighted by atomic mass is 31.2. The molecule has 0 spiro atoms. The molecule has 0 rings (SSSR count). The molecular formula is C66H124N2O6P+. The van der Waals surface area contributed by atoms with E-state index in [1.54, 1.807) is 6.08 Å². The van der Waals surface area contributed by atoms with Crippen molar-refractivity contribution in [2.45, 2.75) is 302 Å². The first-order valence-electron chi connectivity index (χ1n) is 31.8. The van der Waals surface area contributed by atoms with Crippen LogP contribution in [-0.2, 0) is 18.4 Å². The number of aliphatic hydroxyl groups excluding tert-OH is 1. The Hall–Kier alpha value is -2.06. The van der Waals surface area contributed by atoms with Gasteiger partial charge in [-0.3, -0.25) is 13.8 Å². The van der Waals surface area contributed by atoms with Crippen LogP contribution in [0.2, 0.25) is 0 Å². The van der Waals surface area contributed by atoms with Crippen molar-refractivity contribution in [3.8, 4) is 0 Å². The molecule has 0 aliphatic heterocycles. The van der Waals surface area contributed by atoms with E-state index < -0.39 is 20.0 Å². The number of unbranched alkanes of at least 4 members (excludes halogenated alkanes) is 35. The van der Waals surface area contributed by atoms with E-state index in [2.05, 4.69) is 79.9 Å². The van der Waals surface area contributed by atoms with E-state index in [9.17, 15) is 19.4 Å². The van der Waals surface area contributed by atoms with Gasteiger partial charge in [-0.05, 0) is 64.2 Å². The lowest BCUT2D eigenvalue weighted by atomic mass is 10.0. The summed E-state index contributed by atoms with van der Waals surface area (Å²) >= 11 is 0. The van der Waals surface area contributed by atoms with Gasteiger partial charge in [0.1, 0.15) is 13.2 Å². The van der Waals surface area contributed by atoms with Gasteiger partial charge in [-0.15, -0.1) is 0 Å². The lowest BCUT2D eigenvalue weighted by molar-refractivity contribution is -0.870. The summed E-state index contributed by atoms with van der Waals surface area (Å²) in [7, 11) is 1.57. The number of allylic oxidation sites excluding steroid dienone is 11. The van der Waals surface area contributed by atoms with E-state index in [0.717, 1.165) is 77.0 Å². The molecule has 3 unspecified atom stereocenters. The summed E-state index contributed by atoms with van der Waals surface area (Å²) in [4.78, 5) is 23.4. The fourth-order valence-corrected chi connectivity index (χ4v) is 9.98. The lowest BCUT2D eigenvalue weighted by Gasteiger charge is -2.25. The number of nitrogens with one attached hydrogen (secondary N) is 1. The van der Waals surface area contributed by atoms with Crippen molar-refractivity contribution in [1.82, 2.24) is 5.32 Å². The van der Waals surface area contributed by atoms with Crippen LogP contribution in [0.15, 0.2) is 72.9 Å². The molecule has 1 amide bonds. The second-order valence-corrected chi connectivity index (χ2v) is 24.2. The zero-order valence-corrected chi connectivity index (χ0v) is 50.9. The number of hydrogen-bond donors (Lipinski definition) is 3. The van der Waals surface area contributed by atoms with E-state index in [-0.39, 0.29) is 19.1 Å². The smallest absolute Gasteiger partial charge is 0.387 e. The first-order valence-corrected chi connectivity index (χ1v) is 33.3. The molecule has 0 saturated heterocycles. The maximum absolute atomic E-state index is 13.0. The van der Waals surface area contributed by atoms with Gasteiger partial charge in [-0.2, -0.15) is 0 Å². The SMILES string of the molecule is CC/C=C\C/C=C\C/C=C\C/C=C\C/C=C\CCCCCCCCCCCC(=O)NC(COP(=O)(O)OCC[N+](C)(C)C)C(O)/C=C/CCCCCCCCCCCCCCCCCCCCCCCCCCCC. The monoisotopic (exact) mass is 1070 g/mol. The minimum atomic E-state index is -4.36. The van der Waals surface area contributed by atoms with Gasteiger partial charge in [0.05, 0.1) is 39.9 Å². The van der Waals surface area contributed by atoms with Gasteiger partial charge in [-0.25, -0.2) is 4.57 Å². The van der Waals surface area contributed by atoms with Crippen LogP contribution in [0.3, 0.4) is 0 Å². The summed E-state index contributed by atoms with van der Waals surface area (Å²) < 4.78 is 23.8. The Balaban J connectivity index is 4.17. The molecule has 75 heavy (non-hydrogen) atoms. The van der Waals surface area contributed by atoms with Crippen molar-refractivity contribution in [2.75, 3.05) is 40.9 Å². The Bertz CT molecular complexity index is 1450. The first-order chi connectivity index (χ1) is 36.5. The van der Waals surface area contributed by atoms with E-state index in [1.807, 2.05) is 27.2 Å². The van der Waals surface area contributed by atoms with Gasteiger partial charge < -0.3 is 19.8 Å². The van der Waals surface area contributed by atoms with Gasteiger partial charge >= 0.3 is 7.82 Å². The van der Waals surface area contributed by atoms with Crippen molar-refractivity contribution in [1.29, 1.82) is 0 Å². The Kier molecular flexibility index (Phi) is 55.1. The minimum Gasteiger partial charge on any atom is -0.387 e. The van der Waals surface area contributed by atoms with Crippen LogP contribution in [0.1, 0.15) is 290 Å². The van der Waals surface area contributed by atoms with Crippen LogP contribution in [0.5, 0.6) is 0 Å². The molecule has 0 aliphatic rings. The number of nitrogens with zero attached hydrogens (tertiary/aromatic N) is 1. The number of likely N-dealkylation sites (N-methyl/N-ethyl adjacent to an activating group) is 1. The second-order valence-electron chi connectivity index (χ2n) is 22.8. The van der Waals surface area contributed by atoms with Gasteiger partial charge in [-0.1, -0.05) is 292 Å². The van der Waals surface area contributed by atoms with Gasteiger partial charge in [0.2, 0.25) is 5.91 Å². The standard InChI is InChI=1S/C66H123N2O6P/c1-6-8-10-12-14-16-18-20-22-24-26-28-30-32-33-34-36-37-39-41-43-45-47-49-51-53-55-57-59-65(69)64(63-74-75(71,72)73-62-61-68(3,4)5)67-66(70)60-58-56-54-52-50-48-46-44-42-40-38-35-31-29-27-25-23-21-19-17-15-13-11-9-7-2/h9,11,15,17,21,23,27,29,35,38,57,59,64-65,69H,6-8,10,12-14,16,18-20,22,24-26,28,30-34,36-37,39-56,58,60-63H2,1-5H3,(H-,67,70,71,72)/p+1/b11-9-,17-15-,23-21-,29-27-,38-35-,59-57+. The van der Waals surface area contributed by atoms with E-state index in [1.165, 1.54) is 193 Å². The van der Waals surface area contributed by atoms with Crippen LogP contribution in [-0.4, -0.2) is 73.4 Å². The number of rotatable bonds is 58. The maximum Gasteiger partial charge on any atom is 0.472 e. The third kappa shape index (κ3) is 59.4. The number of quaternary nitrogens is 1. The number of carbonyl (C=O) groups is 1. The summed E-state index contributed by atoms with van der Waals surface area (Å²) in [5, 5.41) is 14.0. The highest BCUT2D eigenvalue weighted by Crippen LogP contribution is 2.43. The number of aliphatic hydroxyl groups is 1. The summed E-state index contributed by atoms with van der Waals surface area (Å²) in [6.45, 7) is 4.73. The number of hydrogen-bond acceptors (Lipinski definition) is 5. The Morgan fingerprint density at radius 1 is 0.467 bits per heavy atom. The normalized spacial score (nSPS) is 14.3. The zero-order chi connectivity index (χ0) is 54.9. The van der Waals surface area contributed by atoms with Crippen molar-refractivity contribution >= 4 is 13.7 Å². The second kappa shape index (κ2) is 56.7. The van der Waals surface area contributed by atoms with Crippen molar-refractivity contribution in [3.05, 3.63) is 72.9 Å². The summed E-state index contributed by atoms with van der Waals surface area (Å²) in [5.41, 5.74) is 0. The van der Waals surface area contributed by atoms with Crippen LogP contribution in [0.4, 0.5) is 0 Å². The molecule has 0 aromatic rings. The third-order valence-corrected chi connectivity index (χ3v) is 15.2. The largest absolute Gasteiger partial charge is 0.472 e. The molecule has 0 radical (unpaired) electrons. The summed E-state index contributed by atoms with van der Waals surface area (Å²) in [6, 6.07) is -0.855. The van der Waals surface area contributed by atoms with E-state index in [0.29, 0.717) is 17.4 Å². The number of phosphoric ester groups is 1. The molecule has 0 bridgehead atoms. The Morgan fingerprint density at radius 2 is 0.800 bits per heavy atom. The fourth-order valence-electron chi connectivity index (χ4n) is 9.25. The van der Waals surface area contributed by atoms with Crippen molar-refractivity contribution in [2.24, 2.45) is 0 Å². The Morgan fingerprint density at radius 3 is 1.17 bits per heavy atom. The molecule has 3 atom stereocenters. The molecule has 0 aliphatic carbocycles. The highest BCUT2D eigenvalue weighted by Gasteiger charge is 2.27. The molecule has 8 nitrogen and oxygen atoms in total. The molecule has 0 aromatic heterocycles. The molecule has 9 heteroatoms. The van der Waals surface area contributed by atoms with Crippen LogP contribution in [0.25, 0.3) is 0 Å². The molecule has 0 aromatic carbocycles. The third-order valence-electron chi connectivity index (χ3n) is 14.2. The predicted octanol–water partition coefficient (Wildman–Crippen LogP) is 19.8. The topological polar surface area (TPSA) is 105 Å². The van der Waals surface area contributed by atoms with Crippen molar-refractivity contribution < 1.29 is 32.9 Å². The summed E-state index contributed by atoms with van der Waals surface area (Å²) in [6.07, 6.45) is 78.8. The van der Waals surface area contributed by atoms with Gasteiger partial charge in [0.25, 0.3) is 0 Å². The van der Waals surface area contributed by atoms with E-state index in [4.69, 9.17) is 9.05 Å². The molecule has 3 N–H and O–H groups in total. The van der Waals surface area contributed by atoms with Gasteiger partial charge in [0.15, 0.2) is 0 Å². The highest BCUT2D eigenvalue weighted by molar-refractivity contribution is 7.47. The summed E-state index contributed by atoms with van der Waals surface area (Å²) in [5.74, 6) is -0.183. The quantitative estimate of drug-likeness (QED) is 0.0243. The molecule has 0 fully saturated rings. The molecule has 0 heterocycles. The van der Waals surface area contributed by atoms with Crippen LogP contribution >= 0.6 is 7.82 Å². The fraction of sp³-hybridized carbons (Fsp3) is 0.803. The molecular weight excluding hydrogens is 948 g/mol. The average molecular weight is 1070 g/mol. The number of amides is 1. The number of carbonyl (C=O) groups excluding carboxylic acids is 1. The maximum atomic E-state index is 13.0. The van der Waals surface area contributed by atoms with Gasteiger partial charge in [0, 0.05) is 6.42 Å². The van der Waals surface area contributed by atoms with Crippen LogP contribution < -0.4 is 5.32 Å².